The highest BCUT2D eigenvalue weighted by molar-refractivity contribution is 8.01. The van der Waals surface area contributed by atoms with Gasteiger partial charge in [0.05, 0.1) is 12.2 Å². The Bertz CT molecular complexity index is 853. The number of ether oxygens (including phenoxy) is 1. The van der Waals surface area contributed by atoms with Crippen molar-refractivity contribution < 1.29 is 13.9 Å². The number of aromatic nitrogens is 3. The first-order valence-corrected chi connectivity index (χ1v) is 8.94. The van der Waals surface area contributed by atoms with E-state index in [-0.39, 0.29) is 5.82 Å². The number of nitrogens with one attached hydrogen (secondary N) is 1. The molecule has 0 amide bonds. The second-order valence-electron chi connectivity index (χ2n) is 4.71. The van der Waals surface area contributed by atoms with Crippen molar-refractivity contribution >= 4 is 39.9 Å². The molecule has 0 radical (unpaired) electrons. The van der Waals surface area contributed by atoms with E-state index in [1.807, 2.05) is 0 Å². The van der Waals surface area contributed by atoms with Crippen molar-refractivity contribution in [2.75, 3.05) is 11.9 Å². The van der Waals surface area contributed by atoms with E-state index in [4.69, 9.17) is 4.74 Å². The molecule has 3 rings (SSSR count). The lowest BCUT2D eigenvalue weighted by molar-refractivity contribution is 0.0525. The number of benzene rings is 1. The lowest BCUT2D eigenvalue weighted by Gasteiger charge is -2.02. The van der Waals surface area contributed by atoms with Crippen LogP contribution in [0.15, 0.2) is 52.0 Å². The summed E-state index contributed by atoms with van der Waals surface area (Å²) < 4.78 is 18.5. The van der Waals surface area contributed by atoms with Crippen LogP contribution in [0.1, 0.15) is 17.3 Å². The molecular formula is C16H13FN4O2S2. The van der Waals surface area contributed by atoms with Gasteiger partial charge >= 0.3 is 5.97 Å². The number of nitrogens with zero attached hydrogens (tertiary/aromatic N) is 3. The summed E-state index contributed by atoms with van der Waals surface area (Å²) in [6.07, 6.45) is 1.47. The van der Waals surface area contributed by atoms with Crippen LogP contribution in [0.4, 0.5) is 15.2 Å². The molecule has 25 heavy (non-hydrogen) atoms. The molecule has 0 spiro atoms. The maximum atomic E-state index is 12.9. The molecule has 0 bridgehead atoms. The molecule has 3 aromatic rings. The summed E-state index contributed by atoms with van der Waals surface area (Å²) in [4.78, 5) is 15.8. The zero-order chi connectivity index (χ0) is 17.6. The summed E-state index contributed by atoms with van der Waals surface area (Å²) in [5, 5.41) is 12.5. The molecule has 0 aliphatic heterocycles. The molecule has 1 N–H and O–H groups in total. The molecular weight excluding hydrogens is 363 g/mol. The van der Waals surface area contributed by atoms with Crippen LogP contribution in [-0.4, -0.2) is 27.8 Å². The molecule has 9 heteroatoms. The SMILES string of the molecule is CCOC(=O)c1ccc(Sc2nnc(Nc3ccc(F)cc3)s2)nc1. The number of rotatable bonds is 6. The van der Waals surface area contributed by atoms with Crippen LogP contribution in [0.25, 0.3) is 0 Å². The van der Waals surface area contributed by atoms with Gasteiger partial charge in [-0.2, -0.15) is 0 Å². The van der Waals surface area contributed by atoms with Gasteiger partial charge in [-0.15, -0.1) is 10.2 Å². The van der Waals surface area contributed by atoms with E-state index >= 15 is 0 Å². The Morgan fingerprint density at radius 3 is 2.72 bits per heavy atom. The number of hydrogen-bond donors (Lipinski definition) is 1. The predicted molar refractivity (Wildman–Crippen MR) is 93.9 cm³/mol. The second kappa shape index (κ2) is 8.04. The minimum Gasteiger partial charge on any atom is -0.462 e. The van der Waals surface area contributed by atoms with E-state index in [1.165, 1.54) is 41.4 Å². The number of carbonyl (C=O) groups is 1. The second-order valence-corrected chi connectivity index (χ2v) is 6.96. The van der Waals surface area contributed by atoms with Gasteiger partial charge in [-0.05, 0) is 55.1 Å². The Labute approximate surface area is 151 Å². The third-order valence-corrected chi connectivity index (χ3v) is 4.78. The fourth-order valence-electron chi connectivity index (χ4n) is 1.82. The Kier molecular flexibility index (Phi) is 5.56. The summed E-state index contributed by atoms with van der Waals surface area (Å²) in [7, 11) is 0. The molecule has 128 valence electrons. The highest BCUT2D eigenvalue weighted by atomic mass is 32.2. The molecule has 2 heterocycles. The zero-order valence-electron chi connectivity index (χ0n) is 13.1. The predicted octanol–water partition coefficient (Wildman–Crippen LogP) is 4.14. The Morgan fingerprint density at radius 2 is 2.04 bits per heavy atom. The van der Waals surface area contributed by atoms with E-state index in [9.17, 15) is 9.18 Å². The van der Waals surface area contributed by atoms with Crippen molar-refractivity contribution in [2.45, 2.75) is 16.3 Å². The smallest absolute Gasteiger partial charge is 0.339 e. The van der Waals surface area contributed by atoms with Crippen molar-refractivity contribution in [1.29, 1.82) is 0 Å². The van der Waals surface area contributed by atoms with Gasteiger partial charge < -0.3 is 10.1 Å². The van der Waals surface area contributed by atoms with Crippen molar-refractivity contribution in [1.82, 2.24) is 15.2 Å². The standard InChI is InChI=1S/C16H13FN4O2S2/c1-2-23-14(22)10-3-8-13(18-9-10)24-16-21-20-15(25-16)19-12-6-4-11(17)5-7-12/h3-9H,2H2,1H3,(H,19,20). The number of halogens is 1. The minimum absolute atomic E-state index is 0.295. The van der Waals surface area contributed by atoms with E-state index in [0.717, 1.165) is 5.69 Å². The van der Waals surface area contributed by atoms with Crippen LogP contribution in [0.2, 0.25) is 0 Å². The van der Waals surface area contributed by atoms with Crippen LogP contribution in [0.5, 0.6) is 0 Å². The topological polar surface area (TPSA) is 77.0 Å². The largest absolute Gasteiger partial charge is 0.462 e. The van der Waals surface area contributed by atoms with E-state index in [1.54, 1.807) is 31.2 Å². The van der Waals surface area contributed by atoms with Gasteiger partial charge in [0.15, 0.2) is 4.34 Å². The third-order valence-electron chi connectivity index (χ3n) is 2.94. The molecule has 0 saturated heterocycles. The molecule has 0 unspecified atom stereocenters. The quantitative estimate of drug-likeness (QED) is 0.648. The van der Waals surface area contributed by atoms with Crippen LogP contribution in [0, 0.1) is 5.82 Å². The average Bonchev–Trinajstić information content (AvgIpc) is 3.05. The maximum Gasteiger partial charge on any atom is 0.339 e. The number of esters is 1. The molecule has 2 aromatic heterocycles. The first kappa shape index (κ1) is 17.3. The van der Waals surface area contributed by atoms with Gasteiger partial charge in [0.1, 0.15) is 10.8 Å². The fourth-order valence-corrected chi connectivity index (χ4v) is 3.48. The molecule has 0 atom stereocenters. The summed E-state index contributed by atoms with van der Waals surface area (Å²) in [5.74, 6) is -0.690. The first-order chi connectivity index (χ1) is 12.1. The van der Waals surface area contributed by atoms with Crippen molar-refractivity contribution in [3.8, 4) is 0 Å². The fraction of sp³-hybridized carbons (Fsp3) is 0.125. The third kappa shape index (κ3) is 4.74. The summed E-state index contributed by atoms with van der Waals surface area (Å²) in [6.45, 7) is 2.08. The van der Waals surface area contributed by atoms with E-state index in [0.29, 0.717) is 26.7 Å². The van der Waals surface area contributed by atoms with E-state index < -0.39 is 5.97 Å². The molecule has 6 nitrogen and oxygen atoms in total. The van der Waals surface area contributed by atoms with Gasteiger partial charge in [0.25, 0.3) is 0 Å². The number of hydrogen-bond acceptors (Lipinski definition) is 8. The summed E-state index contributed by atoms with van der Waals surface area (Å²) >= 11 is 2.69. The lowest BCUT2D eigenvalue weighted by Crippen LogP contribution is -2.04. The average molecular weight is 376 g/mol. The van der Waals surface area contributed by atoms with Gasteiger partial charge in [-0.3, -0.25) is 0 Å². The van der Waals surface area contributed by atoms with Crippen molar-refractivity contribution in [2.24, 2.45) is 0 Å². The van der Waals surface area contributed by atoms with Crippen molar-refractivity contribution in [3.63, 3.8) is 0 Å². The summed E-state index contributed by atoms with van der Waals surface area (Å²) in [5.41, 5.74) is 1.13. The lowest BCUT2D eigenvalue weighted by atomic mass is 10.3. The van der Waals surface area contributed by atoms with Crippen LogP contribution in [-0.2, 0) is 4.74 Å². The molecule has 1 aromatic carbocycles. The van der Waals surface area contributed by atoms with Gasteiger partial charge in [0, 0.05) is 11.9 Å². The highest BCUT2D eigenvalue weighted by Gasteiger charge is 2.10. The highest BCUT2D eigenvalue weighted by Crippen LogP contribution is 2.31. The van der Waals surface area contributed by atoms with E-state index in [2.05, 4.69) is 20.5 Å². The zero-order valence-corrected chi connectivity index (χ0v) is 14.7. The van der Waals surface area contributed by atoms with Crippen LogP contribution in [0.3, 0.4) is 0 Å². The molecule has 0 saturated carbocycles. The maximum absolute atomic E-state index is 12.9. The van der Waals surface area contributed by atoms with Gasteiger partial charge in [0.2, 0.25) is 5.13 Å². The number of anilines is 2. The van der Waals surface area contributed by atoms with Crippen LogP contribution < -0.4 is 5.32 Å². The monoisotopic (exact) mass is 376 g/mol. The first-order valence-electron chi connectivity index (χ1n) is 7.31. The minimum atomic E-state index is -0.395. The number of carbonyl (C=O) groups excluding carboxylic acids is 1. The Morgan fingerprint density at radius 1 is 1.24 bits per heavy atom. The van der Waals surface area contributed by atoms with Crippen molar-refractivity contribution in [3.05, 3.63) is 54.0 Å². The normalized spacial score (nSPS) is 10.5. The van der Waals surface area contributed by atoms with Crippen LogP contribution >= 0.6 is 23.1 Å². The van der Waals surface area contributed by atoms with Gasteiger partial charge in [-0.1, -0.05) is 11.3 Å². The Balaban J connectivity index is 1.63. The molecule has 0 aliphatic rings. The van der Waals surface area contributed by atoms with Gasteiger partial charge in [-0.25, -0.2) is 14.2 Å². The molecule has 0 fully saturated rings. The molecule has 0 aliphatic carbocycles. The summed E-state index contributed by atoms with van der Waals surface area (Å²) in [6, 6.07) is 9.37. The Hall–Kier alpha value is -2.52. The number of pyridine rings is 1.